The van der Waals surface area contributed by atoms with E-state index in [1.165, 1.54) is 25.1 Å². The topological polar surface area (TPSA) is 95.5 Å². The Morgan fingerprint density at radius 2 is 1.90 bits per heavy atom. The van der Waals surface area contributed by atoms with E-state index in [1.54, 1.807) is 0 Å². The number of benzene rings is 1. The molecule has 0 aromatic heterocycles. The van der Waals surface area contributed by atoms with Gasteiger partial charge in [0, 0.05) is 5.56 Å². The second-order valence-corrected chi connectivity index (χ2v) is 4.75. The van der Waals surface area contributed by atoms with Crippen molar-refractivity contribution in [3.8, 4) is 0 Å². The van der Waals surface area contributed by atoms with Crippen molar-refractivity contribution < 1.29 is 19.5 Å². The zero-order valence-electron chi connectivity index (χ0n) is 10.4. The first kappa shape index (κ1) is 16.3. The zero-order valence-corrected chi connectivity index (χ0v) is 12.0. The molecule has 3 N–H and O–H groups in total. The average molecular weight is 319 g/mol. The number of hydrogen-bond acceptors (Lipinski definition) is 3. The molecule has 0 saturated carbocycles. The van der Waals surface area contributed by atoms with Gasteiger partial charge in [0.2, 0.25) is 5.91 Å². The summed E-state index contributed by atoms with van der Waals surface area (Å²) in [5, 5.41) is 13.7. The van der Waals surface area contributed by atoms with Gasteiger partial charge in [-0.15, -0.1) is 0 Å². The lowest BCUT2D eigenvalue weighted by atomic mass is 10.2. The molecule has 108 valence electrons. The monoisotopic (exact) mass is 318 g/mol. The van der Waals surface area contributed by atoms with Crippen LogP contribution in [0, 0.1) is 0 Å². The molecule has 0 aliphatic rings. The number of hydrogen-bond donors (Lipinski definition) is 3. The quantitative estimate of drug-likeness (QED) is 0.762. The summed E-state index contributed by atoms with van der Waals surface area (Å²) in [5.41, 5.74) is 0.249. The van der Waals surface area contributed by atoms with Gasteiger partial charge in [-0.1, -0.05) is 23.2 Å². The highest BCUT2D eigenvalue weighted by Gasteiger charge is 2.15. The first-order chi connectivity index (χ1) is 9.31. The number of carboxylic acids is 1. The SMILES string of the molecule is C[C@@H](NC(=O)CNC(=O)c1ccc(Cl)c(Cl)c1)C(=O)O. The van der Waals surface area contributed by atoms with Crippen LogP contribution in [0.15, 0.2) is 18.2 Å². The van der Waals surface area contributed by atoms with Crippen molar-refractivity contribution in [2.45, 2.75) is 13.0 Å². The molecule has 0 unspecified atom stereocenters. The average Bonchev–Trinajstić information content (AvgIpc) is 2.39. The van der Waals surface area contributed by atoms with Crippen LogP contribution in [-0.2, 0) is 9.59 Å². The molecule has 2 amide bonds. The highest BCUT2D eigenvalue weighted by molar-refractivity contribution is 6.42. The Labute approximate surface area is 125 Å². The van der Waals surface area contributed by atoms with Crippen LogP contribution in [-0.4, -0.2) is 35.5 Å². The van der Waals surface area contributed by atoms with Crippen molar-refractivity contribution in [2.75, 3.05) is 6.54 Å². The molecule has 20 heavy (non-hydrogen) atoms. The lowest BCUT2D eigenvalue weighted by Crippen LogP contribution is -2.44. The first-order valence-corrected chi connectivity index (χ1v) is 6.32. The summed E-state index contributed by atoms with van der Waals surface area (Å²) in [6.07, 6.45) is 0. The molecule has 0 fully saturated rings. The highest BCUT2D eigenvalue weighted by atomic mass is 35.5. The van der Waals surface area contributed by atoms with E-state index < -0.39 is 23.8 Å². The second kappa shape index (κ2) is 7.12. The number of halogens is 2. The van der Waals surface area contributed by atoms with Gasteiger partial charge in [0.05, 0.1) is 16.6 Å². The fourth-order valence-corrected chi connectivity index (χ4v) is 1.55. The molecule has 8 heteroatoms. The largest absolute Gasteiger partial charge is 0.480 e. The Balaban J connectivity index is 2.53. The Morgan fingerprint density at radius 1 is 1.25 bits per heavy atom. The van der Waals surface area contributed by atoms with Crippen LogP contribution in [0.2, 0.25) is 10.0 Å². The van der Waals surface area contributed by atoms with Gasteiger partial charge in [0.1, 0.15) is 6.04 Å². The van der Waals surface area contributed by atoms with Crippen LogP contribution in [0.1, 0.15) is 17.3 Å². The smallest absolute Gasteiger partial charge is 0.325 e. The maximum atomic E-state index is 11.7. The van der Waals surface area contributed by atoms with Gasteiger partial charge in [0.25, 0.3) is 5.91 Å². The molecule has 0 spiro atoms. The van der Waals surface area contributed by atoms with E-state index in [9.17, 15) is 14.4 Å². The van der Waals surface area contributed by atoms with Crippen molar-refractivity contribution in [3.63, 3.8) is 0 Å². The summed E-state index contributed by atoms with van der Waals surface area (Å²) in [6.45, 7) is 0.984. The molecule has 1 aromatic carbocycles. The molecule has 0 bridgehead atoms. The number of carbonyl (C=O) groups excluding carboxylic acids is 2. The lowest BCUT2D eigenvalue weighted by molar-refractivity contribution is -0.141. The molecule has 1 atom stereocenters. The number of nitrogens with one attached hydrogen (secondary N) is 2. The van der Waals surface area contributed by atoms with Gasteiger partial charge in [-0.2, -0.15) is 0 Å². The minimum Gasteiger partial charge on any atom is -0.480 e. The van der Waals surface area contributed by atoms with Gasteiger partial charge in [-0.3, -0.25) is 14.4 Å². The Hall–Kier alpha value is -1.79. The number of aliphatic carboxylic acids is 1. The summed E-state index contributed by atoms with van der Waals surface area (Å²) < 4.78 is 0. The van der Waals surface area contributed by atoms with Crippen LogP contribution in [0.25, 0.3) is 0 Å². The van der Waals surface area contributed by atoms with Gasteiger partial charge in [-0.25, -0.2) is 0 Å². The van der Waals surface area contributed by atoms with Crippen molar-refractivity contribution in [2.24, 2.45) is 0 Å². The summed E-state index contributed by atoms with van der Waals surface area (Å²) in [6, 6.07) is 3.27. The van der Waals surface area contributed by atoms with E-state index in [-0.39, 0.29) is 17.1 Å². The highest BCUT2D eigenvalue weighted by Crippen LogP contribution is 2.22. The molecule has 0 heterocycles. The molecule has 1 rings (SSSR count). The van der Waals surface area contributed by atoms with Crippen molar-refractivity contribution in [1.82, 2.24) is 10.6 Å². The molecule has 0 aliphatic heterocycles. The molecule has 0 aliphatic carbocycles. The van der Waals surface area contributed by atoms with Crippen LogP contribution in [0.4, 0.5) is 0 Å². The minimum absolute atomic E-state index is 0.225. The number of rotatable bonds is 5. The third-order valence-electron chi connectivity index (χ3n) is 2.34. The van der Waals surface area contributed by atoms with Gasteiger partial charge in [-0.05, 0) is 25.1 Å². The fourth-order valence-electron chi connectivity index (χ4n) is 1.25. The Bertz CT molecular complexity index is 548. The Morgan fingerprint density at radius 3 is 2.45 bits per heavy atom. The normalized spacial score (nSPS) is 11.6. The molecule has 6 nitrogen and oxygen atoms in total. The van der Waals surface area contributed by atoms with Crippen molar-refractivity contribution in [1.29, 1.82) is 0 Å². The third kappa shape index (κ3) is 4.71. The molecular weight excluding hydrogens is 307 g/mol. The van der Waals surface area contributed by atoms with Crippen molar-refractivity contribution >= 4 is 41.0 Å². The van der Waals surface area contributed by atoms with Crippen molar-refractivity contribution in [3.05, 3.63) is 33.8 Å². The van der Waals surface area contributed by atoms with E-state index in [0.717, 1.165) is 0 Å². The summed E-state index contributed by atoms with van der Waals surface area (Å²) >= 11 is 11.5. The third-order valence-corrected chi connectivity index (χ3v) is 3.08. The fraction of sp³-hybridized carbons (Fsp3) is 0.250. The predicted molar refractivity (Wildman–Crippen MR) is 74.0 cm³/mol. The van der Waals surface area contributed by atoms with Crippen LogP contribution >= 0.6 is 23.2 Å². The standard InChI is InChI=1S/C12H12Cl2N2O4/c1-6(12(19)20)16-10(17)5-15-11(18)7-2-3-8(13)9(14)4-7/h2-4,6H,5H2,1H3,(H,15,18)(H,16,17)(H,19,20)/t6-/m1/s1. The summed E-state index contributed by atoms with van der Waals surface area (Å²) in [4.78, 5) is 33.6. The van der Waals surface area contributed by atoms with Gasteiger partial charge < -0.3 is 15.7 Å². The van der Waals surface area contributed by atoms with E-state index in [0.29, 0.717) is 5.02 Å². The van der Waals surface area contributed by atoms with Gasteiger partial charge in [0.15, 0.2) is 0 Å². The van der Waals surface area contributed by atoms with E-state index in [1.807, 2.05) is 0 Å². The molecular formula is C12H12Cl2N2O4. The first-order valence-electron chi connectivity index (χ1n) is 5.56. The summed E-state index contributed by atoms with van der Waals surface area (Å²) in [7, 11) is 0. The van der Waals surface area contributed by atoms with E-state index >= 15 is 0 Å². The predicted octanol–water partition coefficient (Wildman–Crippen LogP) is 1.31. The second-order valence-electron chi connectivity index (χ2n) is 3.94. The lowest BCUT2D eigenvalue weighted by Gasteiger charge is -2.10. The maximum absolute atomic E-state index is 11.7. The number of carbonyl (C=O) groups is 3. The maximum Gasteiger partial charge on any atom is 0.325 e. The minimum atomic E-state index is -1.16. The molecule has 0 radical (unpaired) electrons. The van der Waals surface area contributed by atoms with Crippen LogP contribution < -0.4 is 10.6 Å². The van der Waals surface area contributed by atoms with Crippen LogP contribution in [0.5, 0.6) is 0 Å². The summed E-state index contributed by atoms with van der Waals surface area (Å²) in [5.74, 6) is -2.27. The van der Waals surface area contributed by atoms with E-state index in [4.69, 9.17) is 28.3 Å². The molecule has 0 saturated heterocycles. The van der Waals surface area contributed by atoms with Gasteiger partial charge >= 0.3 is 5.97 Å². The molecule has 1 aromatic rings. The number of amides is 2. The van der Waals surface area contributed by atoms with Crippen LogP contribution in [0.3, 0.4) is 0 Å². The van der Waals surface area contributed by atoms with E-state index in [2.05, 4.69) is 10.6 Å². The zero-order chi connectivity index (χ0) is 15.3. The number of carboxylic acid groups (broad SMARTS) is 1. The Kier molecular flexibility index (Phi) is 5.79.